The van der Waals surface area contributed by atoms with Crippen molar-refractivity contribution in [3.8, 4) is 0 Å². The van der Waals surface area contributed by atoms with Crippen LogP contribution in [-0.4, -0.2) is 34.6 Å². The summed E-state index contributed by atoms with van der Waals surface area (Å²) in [5.74, 6) is -1.24. The van der Waals surface area contributed by atoms with E-state index in [1.165, 1.54) is 18.2 Å². The molecule has 0 saturated heterocycles. The number of hydrogen-bond acceptors (Lipinski definition) is 2. The Bertz CT molecular complexity index is 518. The zero-order valence-corrected chi connectivity index (χ0v) is 12.5. The van der Waals surface area contributed by atoms with E-state index in [2.05, 4.69) is 5.32 Å². The first-order valence-corrected chi connectivity index (χ1v) is 6.87. The third-order valence-electron chi connectivity index (χ3n) is 3.10. The molecule has 0 aromatic heterocycles. The number of carboxylic acids is 1. The summed E-state index contributed by atoms with van der Waals surface area (Å²) in [6, 6.07) is 3.77. The van der Waals surface area contributed by atoms with E-state index in [9.17, 15) is 14.0 Å². The van der Waals surface area contributed by atoms with E-state index in [1.807, 2.05) is 13.8 Å². The van der Waals surface area contributed by atoms with E-state index in [-0.39, 0.29) is 24.3 Å². The van der Waals surface area contributed by atoms with Crippen molar-refractivity contribution in [3.05, 3.63) is 29.6 Å². The number of aliphatic carboxylic acids is 1. The predicted molar refractivity (Wildman–Crippen MR) is 78.9 cm³/mol. The largest absolute Gasteiger partial charge is 0.481 e. The topological polar surface area (TPSA) is 69.6 Å². The molecule has 0 spiro atoms. The van der Waals surface area contributed by atoms with Crippen LogP contribution in [0, 0.1) is 12.7 Å². The van der Waals surface area contributed by atoms with Crippen molar-refractivity contribution in [1.29, 1.82) is 0 Å². The highest BCUT2D eigenvalue weighted by atomic mass is 19.1. The molecule has 2 N–H and O–H groups in total. The van der Waals surface area contributed by atoms with Crippen molar-refractivity contribution in [2.75, 3.05) is 11.9 Å². The van der Waals surface area contributed by atoms with E-state index in [1.54, 1.807) is 11.8 Å². The maximum atomic E-state index is 13.0. The van der Waals surface area contributed by atoms with Crippen molar-refractivity contribution in [2.24, 2.45) is 0 Å². The number of carbonyl (C=O) groups excluding carboxylic acids is 1. The first kappa shape index (κ1) is 16.9. The lowest BCUT2D eigenvalue weighted by molar-refractivity contribution is -0.137. The van der Waals surface area contributed by atoms with E-state index in [4.69, 9.17) is 5.11 Å². The van der Waals surface area contributed by atoms with Gasteiger partial charge in [-0.3, -0.25) is 4.79 Å². The van der Waals surface area contributed by atoms with Gasteiger partial charge in [0.15, 0.2) is 0 Å². The Labute approximate surface area is 123 Å². The number of amides is 2. The highest BCUT2D eigenvalue weighted by molar-refractivity contribution is 5.90. The first-order chi connectivity index (χ1) is 9.81. The lowest BCUT2D eigenvalue weighted by Gasteiger charge is -2.27. The van der Waals surface area contributed by atoms with E-state index in [0.717, 1.165) is 0 Å². The molecular formula is C15H21FN2O3. The Kier molecular flexibility index (Phi) is 6.14. The molecule has 0 heterocycles. The van der Waals surface area contributed by atoms with E-state index < -0.39 is 5.97 Å². The fraction of sp³-hybridized carbons (Fsp3) is 0.467. The summed E-state index contributed by atoms with van der Waals surface area (Å²) in [5, 5.41) is 11.4. The molecule has 21 heavy (non-hydrogen) atoms. The van der Waals surface area contributed by atoms with Gasteiger partial charge in [-0.2, -0.15) is 0 Å². The molecule has 0 unspecified atom stereocenters. The van der Waals surface area contributed by atoms with Gasteiger partial charge in [0.05, 0.1) is 0 Å². The smallest absolute Gasteiger partial charge is 0.322 e. The highest BCUT2D eigenvalue weighted by Crippen LogP contribution is 2.17. The number of nitrogens with zero attached hydrogens (tertiary/aromatic N) is 1. The van der Waals surface area contributed by atoms with Gasteiger partial charge in [-0.15, -0.1) is 0 Å². The van der Waals surface area contributed by atoms with Crippen LogP contribution in [0.2, 0.25) is 0 Å². The zero-order chi connectivity index (χ0) is 16.0. The van der Waals surface area contributed by atoms with E-state index >= 15 is 0 Å². The zero-order valence-electron chi connectivity index (χ0n) is 12.5. The Morgan fingerprint density at radius 1 is 1.38 bits per heavy atom. The Balaban J connectivity index is 2.70. The second-order valence-corrected chi connectivity index (χ2v) is 5.17. The molecule has 1 rings (SSSR count). The summed E-state index contributed by atoms with van der Waals surface area (Å²) in [6.45, 7) is 5.79. The summed E-state index contributed by atoms with van der Waals surface area (Å²) in [6.07, 6.45) is 0.412. The molecular weight excluding hydrogens is 275 g/mol. The summed E-state index contributed by atoms with van der Waals surface area (Å²) >= 11 is 0. The number of rotatable bonds is 6. The molecule has 6 heteroatoms. The van der Waals surface area contributed by atoms with Gasteiger partial charge in [-0.25, -0.2) is 9.18 Å². The summed E-state index contributed by atoms with van der Waals surface area (Å²) in [4.78, 5) is 24.3. The number of anilines is 1. The summed E-state index contributed by atoms with van der Waals surface area (Å²) < 4.78 is 13.0. The van der Waals surface area contributed by atoms with Gasteiger partial charge in [-0.05, 0) is 51.0 Å². The Hall–Kier alpha value is -2.11. The number of aryl methyl sites for hydroxylation is 1. The third kappa shape index (κ3) is 5.41. The second-order valence-electron chi connectivity index (χ2n) is 5.17. The first-order valence-electron chi connectivity index (χ1n) is 6.87. The Morgan fingerprint density at radius 2 is 2.05 bits per heavy atom. The van der Waals surface area contributed by atoms with Crippen LogP contribution in [0.15, 0.2) is 18.2 Å². The molecule has 0 fully saturated rings. The van der Waals surface area contributed by atoms with Crippen LogP contribution in [-0.2, 0) is 4.79 Å². The van der Waals surface area contributed by atoms with Crippen LogP contribution in [0.4, 0.5) is 14.9 Å². The quantitative estimate of drug-likeness (QED) is 0.846. The number of benzene rings is 1. The van der Waals surface area contributed by atoms with Gasteiger partial charge in [0.2, 0.25) is 0 Å². The monoisotopic (exact) mass is 296 g/mol. The maximum absolute atomic E-state index is 13.0. The molecule has 116 valence electrons. The molecule has 5 nitrogen and oxygen atoms in total. The van der Waals surface area contributed by atoms with Crippen molar-refractivity contribution < 1.29 is 19.1 Å². The molecule has 0 aliphatic rings. The molecule has 2 amide bonds. The minimum Gasteiger partial charge on any atom is -0.481 e. The van der Waals surface area contributed by atoms with Gasteiger partial charge < -0.3 is 15.3 Å². The molecule has 0 bridgehead atoms. The van der Waals surface area contributed by atoms with Gasteiger partial charge in [-0.1, -0.05) is 0 Å². The van der Waals surface area contributed by atoms with Crippen LogP contribution in [0.5, 0.6) is 0 Å². The molecule has 0 atom stereocenters. The van der Waals surface area contributed by atoms with Crippen molar-refractivity contribution in [1.82, 2.24) is 4.90 Å². The van der Waals surface area contributed by atoms with Crippen molar-refractivity contribution in [3.63, 3.8) is 0 Å². The fourth-order valence-electron chi connectivity index (χ4n) is 1.95. The number of carboxylic acid groups (broad SMARTS) is 1. The Morgan fingerprint density at radius 3 is 2.57 bits per heavy atom. The van der Waals surface area contributed by atoms with Crippen LogP contribution >= 0.6 is 0 Å². The number of carbonyl (C=O) groups is 2. The van der Waals surface area contributed by atoms with Crippen molar-refractivity contribution >= 4 is 17.7 Å². The SMILES string of the molecule is Cc1cc(F)ccc1NC(=O)N(CCCC(=O)O)C(C)C. The van der Waals surface area contributed by atoms with Gasteiger partial charge in [0, 0.05) is 24.7 Å². The third-order valence-corrected chi connectivity index (χ3v) is 3.10. The van der Waals surface area contributed by atoms with Crippen LogP contribution in [0.1, 0.15) is 32.3 Å². The van der Waals surface area contributed by atoms with Crippen molar-refractivity contribution in [2.45, 2.75) is 39.7 Å². The van der Waals surface area contributed by atoms with Crippen LogP contribution in [0.25, 0.3) is 0 Å². The lowest BCUT2D eigenvalue weighted by atomic mass is 10.2. The van der Waals surface area contributed by atoms with E-state index in [0.29, 0.717) is 24.2 Å². The van der Waals surface area contributed by atoms with Gasteiger partial charge >= 0.3 is 12.0 Å². The van der Waals surface area contributed by atoms with Crippen LogP contribution in [0.3, 0.4) is 0 Å². The predicted octanol–water partition coefficient (Wildman–Crippen LogP) is 3.24. The van der Waals surface area contributed by atoms with Gasteiger partial charge in [0.1, 0.15) is 5.82 Å². The summed E-state index contributed by atoms with van der Waals surface area (Å²) in [5.41, 5.74) is 1.18. The molecule has 1 aromatic rings. The average molecular weight is 296 g/mol. The average Bonchev–Trinajstić information content (AvgIpc) is 2.37. The molecule has 0 radical (unpaired) electrons. The highest BCUT2D eigenvalue weighted by Gasteiger charge is 2.17. The molecule has 0 aliphatic heterocycles. The number of hydrogen-bond donors (Lipinski definition) is 2. The van der Waals surface area contributed by atoms with Crippen LogP contribution < -0.4 is 5.32 Å². The second kappa shape index (κ2) is 7.61. The minimum atomic E-state index is -0.881. The van der Waals surface area contributed by atoms with Gasteiger partial charge in [0.25, 0.3) is 0 Å². The number of urea groups is 1. The number of halogens is 1. The fourth-order valence-corrected chi connectivity index (χ4v) is 1.95. The molecule has 1 aromatic carbocycles. The lowest BCUT2D eigenvalue weighted by Crippen LogP contribution is -2.41. The maximum Gasteiger partial charge on any atom is 0.322 e. The number of nitrogens with one attached hydrogen (secondary N) is 1. The standard InChI is InChI=1S/C15H21FN2O3/c1-10(2)18(8-4-5-14(19)20)15(21)17-13-7-6-12(16)9-11(13)3/h6-7,9-10H,4-5,8H2,1-3H3,(H,17,21)(H,19,20). The summed E-state index contributed by atoms with van der Waals surface area (Å²) in [7, 11) is 0. The minimum absolute atomic E-state index is 0.0199. The molecule has 0 aliphatic carbocycles. The normalized spacial score (nSPS) is 10.5. The molecule has 0 saturated carbocycles.